The normalized spacial score (nSPS) is 17.9. The number of hydrogen-bond acceptors (Lipinski definition) is 3. The first kappa shape index (κ1) is 30.3. The number of aryl methyl sites for hydroxylation is 1. The number of amides is 1. The lowest BCUT2D eigenvalue weighted by molar-refractivity contribution is -0.117. The zero-order valence-corrected chi connectivity index (χ0v) is 24.8. The molecular formula is C35H47NO3. The third-order valence-electron chi connectivity index (χ3n) is 7.92. The molecular weight excluding hydrogens is 482 g/mol. The van der Waals surface area contributed by atoms with E-state index < -0.39 is 0 Å². The van der Waals surface area contributed by atoms with E-state index in [4.69, 9.17) is 4.74 Å². The number of fused-ring (bicyclic) bond motifs is 1. The van der Waals surface area contributed by atoms with Gasteiger partial charge in [0, 0.05) is 17.7 Å². The Morgan fingerprint density at radius 3 is 2.33 bits per heavy atom. The van der Waals surface area contributed by atoms with Crippen LogP contribution in [0.5, 0.6) is 11.5 Å². The lowest BCUT2D eigenvalue weighted by Crippen LogP contribution is -2.36. The molecule has 0 bridgehead atoms. The van der Waals surface area contributed by atoms with Gasteiger partial charge in [-0.2, -0.15) is 0 Å². The van der Waals surface area contributed by atoms with Gasteiger partial charge in [-0.15, -0.1) is 0 Å². The summed E-state index contributed by atoms with van der Waals surface area (Å²) in [6.07, 6.45) is 14.6. The molecule has 0 saturated heterocycles. The molecule has 1 heterocycles. The number of allylic oxidation sites excluding steroid dienone is 5. The van der Waals surface area contributed by atoms with Crippen LogP contribution in [0.25, 0.3) is 0 Å². The van der Waals surface area contributed by atoms with Crippen molar-refractivity contribution in [3.05, 3.63) is 93.6 Å². The Labute approximate surface area is 235 Å². The average Bonchev–Trinajstić information content (AvgIpc) is 2.91. The van der Waals surface area contributed by atoms with Crippen molar-refractivity contribution >= 4 is 5.91 Å². The van der Waals surface area contributed by atoms with Gasteiger partial charge < -0.3 is 15.2 Å². The molecule has 1 aliphatic rings. The number of hydrogen-bond donors (Lipinski definition) is 2. The predicted molar refractivity (Wildman–Crippen MR) is 162 cm³/mol. The summed E-state index contributed by atoms with van der Waals surface area (Å²) >= 11 is 0. The molecule has 2 aromatic carbocycles. The second-order valence-corrected chi connectivity index (χ2v) is 11.5. The molecule has 0 spiro atoms. The van der Waals surface area contributed by atoms with Crippen LogP contribution in [0.1, 0.15) is 94.9 Å². The van der Waals surface area contributed by atoms with Crippen LogP contribution in [-0.4, -0.2) is 16.6 Å². The quantitative estimate of drug-likeness (QED) is 0.214. The summed E-state index contributed by atoms with van der Waals surface area (Å²) in [5, 5.41) is 13.1. The molecule has 0 radical (unpaired) electrons. The Hall–Kier alpha value is -3.27. The smallest absolute Gasteiger partial charge is 0.246 e. The molecule has 4 heteroatoms. The van der Waals surface area contributed by atoms with Crippen molar-refractivity contribution in [1.82, 2.24) is 5.32 Å². The zero-order valence-electron chi connectivity index (χ0n) is 24.8. The van der Waals surface area contributed by atoms with Gasteiger partial charge in [-0.3, -0.25) is 4.79 Å². The zero-order chi connectivity index (χ0) is 28.4. The molecule has 0 fully saturated rings. The molecule has 39 heavy (non-hydrogen) atoms. The largest absolute Gasteiger partial charge is 0.508 e. The SMILES string of the molecule is CC(=CCCC(C)=CCCC1(C)CCc2c(C)c(O)cc(C)c2O1)CCC=C(C)C(=O)NCc1ccccc1. The number of rotatable bonds is 12. The number of ether oxygens (including phenoxy) is 1. The highest BCUT2D eigenvalue weighted by Crippen LogP contribution is 2.42. The van der Waals surface area contributed by atoms with Crippen molar-refractivity contribution in [2.24, 2.45) is 0 Å². The summed E-state index contributed by atoms with van der Waals surface area (Å²) in [7, 11) is 0. The van der Waals surface area contributed by atoms with E-state index in [9.17, 15) is 9.90 Å². The van der Waals surface area contributed by atoms with E-state index in [2.05, 4.69) is 38.2 Å². The van der Waals surface area contributed by atoms with E-state index in [1.807, 2.05) is 63.2 Å². The van der Waals surface area contributed by atoms with E-state index >= 15 is 0 Å². The van der Waals surface area contributed by atoms with Gasteiger partial charge in [0.2, 0.25) is 5.91 Å². The third-order valence-corrected chi connectivity index (χ3v) is 7.92. The summed E-state index contributed by atoms with van der Waals surface area (Å²) in [6.45, 7) is 13.1. The van der Waals surface area contributed by atoms with Gasteiger partial charge in [-0.25, -0.2) is 0 Å². The first-order valence-electron chi connectivity index (χ1n) is 14.4. The number of phenols is 1. The first-order chi connectivity index (χ1) is 18.6. The molecule has 2 aromatic rings. The lowest BCUT2D eigenvalue weighted by atomic mass is 9.86. The molecule has 2 N–H and O–H groups in total. The van der Waals surface area contributed by atoms with Gasteiger partial charge in [-0.05, 0) is 116 Å². The van der Waals surface area contributed by atoms with Crippen LogP contribution in [0.15, 0.2) is 71.3 Å². The van der Waals surface area contributed by atoms with Crippen molar-refractivity contribution in [3.8, 4) is 11.5 Å². The molecule has 1 unspecified atom stereocenters. The summed E-state index contributed by atoms with van der Waals surface area (Å²) < 4.78 is 6.50. The highest BCUT2D eigenvalue weighted by molar-refractivity contribution is 5.92. The fourth-order valence-corrected chi connectivity index (χ4v) is 5.15. The van der Waals surface area contributed by atoms with Gasteiger partial charge in [-0.1, -0.05) is 59.7 Å². The molecule has 0 aromatic heterocycles. The Morgan fingerprint density at radius 2 is 1.64 bits per heavy atom. The average molecular weight is 530 g/mol. The number of carbonyl (C=O) groups excluding carboxylic acids is 1. The maximum absolute atomic E-state index is 12.3. The highest BCUT2D eigenvalue weighted by Gasteiger charge is 2.33. The molecule has 210 valence electrons. The molecule has 1 atom stereocenters. The lowest BCUT2D eigenvalue weighted by Gasteiger charge is -2.37. The van der Waals surface area contributed by atoms with Gasteiger partial charge in [0.05, 0.1) is 0 Å². The minimum absolute atomic E-state index is 0.00230. The summed E-state index contributed by atoms with van der Waals surface area (Å²) in [5.74, 6) is 1.34. The van der Waals surface area contributed by atoms with Gasteiger partial charge >= 0.3 is 0 Å². The molecule has 0 saturated carbocycles. The van der Waals surface area contributed by atoms with Crippen molar-refractivity contribution in [1.29, 1.82) is 0 Å². The van der Waals surface area contributed by atoms with Crippen LogP contribution >= 0.6 is 0 Å². The van der Waals surface area contributed by atoms with Crippen LogP contribution < -0.4 is 10.1 Å². The van der Waals surface area contributed by atoms with Crippen molar-refractivity contribution in [2.75, 3.05) is 0 Å². The van der Waals surface area contributed by atoms with Crippen molar-refractivity contribution < 1.29 is 14.6 Å². The second kappa shape index (κ2) is 14.2. The standard InChI is InChI=1S/C35H47NO3/c1-25(15-11-17-27(3)34(38)36-24-30-18-8-7-9-19-30)13-10-14-26(2)16-12-21-35(6)22-20-31-29(5)32(37)23-28(4)33(31)39-35/h7-9,13,16-19,23,37H,10-12,14-15,20-22,24H2,1-6H3,(H,36,38). The third kappa shape index (κ3) is 9.16. The van der Waals surface area contributed by atoms with Gasteiger partial charge in [0.25, 0.3) is 0 Å². The number of nitrogens with one attached hydrogen (secondary N) is 1. The molecule has 4 nitrogen and oxygen atoms in total. The van der Waals surface area contributed by atoms with Crippen LogP contribution in [0.3, 0.4) is 0 Å². The minimum atomic E-state index is -0.168. The monoisotopic (exact) mass is 529 g/mol. The minimum Gasteiger partial charge on any atom is -0.508 e. The van der Waals surface area contributed by atoms with Crippen LogP contribution in [0.4, 0.5) is 0 Å². The number of carbonyl (C=O) groups is 1. The summed E-state index contributed by atoms with van der Waals surface area (Å²) in [5.41, 5.74) is 7.64. The van der Waals surface area contributed by atoms with E-state index in [1.165, 1.54) is 11.1 Å². The van der Waals surface area contributed by atoms with Crippen LogP contribution in [0.2, 0.25) is 0 Å². The van der Waals surface area contributed by atoms with Gasteiger partial charge in [0.1, 0.15) is 17.1 Å². The molecule has 0 aliphatic carbocycles. The predicted octanol–water partition coefficient (Wildman–Crippen LogP) is 8.59. The fraction of sp³-hybridized carbons (Fsp3) is 0.457. The number of aromatic hydroxyl groups is 1. The maximum Gasteiger partial charge on any atom is 0.246 e. The van der Waals surface area contributed by atoms with E-state index in [0.717, 1.165) is 84.9 Å². The topological polar surface area (TPSA) is 58.6 Å². The van der Waals surface area contributed by atoms with Crippen LogP contribution in [-0.2, 0) is 17.8 Å². The van der Waals surface area contributed by atoms with E-state index in [-0.39, 0.29) is 11.5 Å². The van der Waals surface area contributed by atoms with E-state index in [1.54, 1.807) is 0 Å². The Bertz CT molecular complexity index is 1220. The Kier molecular flexibility index (Phi) is 11.0. The Morgan fingerprint density at radius 1 is 1.00 bits per heavy atom. The van der Waals surface area contributed by atoms with Crippen LogP contribution in [0, 0.1) is 13.8 Å². The van der Waals surface area contributed by atoms with Crippen molar-refractivity contribution in [3.63, 3.8) is 0 Å². The second-order valence-electron chi connectivity index (χ2n) is 11.5. The fourth-order valence-electron chi connectivity index (χ4n) is 5.15. The highest BCUT2D eigenvalue weighted by atomic mass is 16.5. The maximum atomic E-state index is 12.3. The number of benzene rings is 2. The summed E-state index contributed by atoms with van der Waals surface area (Å²) in [6, 6.07) is 11.8. The van der Waals surface area contributed by atoms with Gasteiger partial charge in [0.15, 0.2) is 0 Å². The van der Waals surface area contributed by atoms with E-state index in [0.29, 0.717) is 12.3 Å². The molecule has 1 amide bonds. The summed E-state index contributed by atoms with van der Waals surface area (Å²) in [4.78, 5) is 12.3. The molecule has 1 aliphatic heterocycles. The Balaban J connectivity index is 1.37. The molecule has 3 rings (SSSR count). The van der Waals surface area contributed by atoms with Crippen molar-refractivity contribution in [2.45, 2.75) is 105 Å². The first-order valence-corrected chi connectivity index (χ1v) is 14.4. The number of phenolic OH excluding ortho intramolecular Hbond substituents is 1.